The number of aromatic hydroxyl groups is 1. The number of nitrogens with zero attached hydrogens (tertiary/aromatic N) is 2. The van der Waals surface area contributed by atoms with Gasteiger partial charge in [0, 0.05) is 14.9 Å². The maximum Gasteiger partial charge on any atom is 0.180 e. The summed E-state index contributed by atoms with van der Waals surface area (Å²) in [7, 11) is 0. The molecule has 0 aliphatic rings. The van der Waals surface area contributed by atoms with Gasteiger partial charge in [0.1, 0.15) is 5.75 Å². The molecule has 0 aliphatic heterocycles. The number of benzene rings is 2. The second-order valence-electron chi connectivity index (χ2n) is 4.62. The number of rotatable bonds is 4. The van der Waals surface area contributed by atoms with Gasteiger partial charge in [0.2, 0.25) is 0 Å². The fourth-order valence-electron chi connectivity index (χ4n) is 1.77. The number of hydrogen-bond donors (Lipinski definition) is 2. The summed E-state index contributed by atoms with van der Waals surface area (Å²) >= 11 is 3.62. The Labute approximate surface area is 147 Å². The molecule has 0 radical (unpaired) electrons. The molecule has 0 saturated carbocycles. The van der Waals surface area contributed by atoms with Crippen molar-refractivity contribution in [1.29, 1.82) is 0 Å². The third-order valence-electron chi connectivity index (χ3n) is 2.88. The highest BCUT2D eigenvalue weighted by atomic mass is 127. The smallest absolute Gasteiger partial charge is 0.180 e. The first-order valence-corrected chi connectivity index (χ1v) is 8.65. The SMILES string of the molecule is Cc1cc(I)cc(C=NN=C(N)SCc2ccccc2)c1O. The van der Waals surface area contributed by atoms with Crippen molar-refractivity contribution >= 4 is 45.7 Å². The topological polar surface area (TPSA) is 71.0 Å². The van der Waals surface area contributed by atoms with Crippen LogP contribution in [0.4, 0.5) is 0 Å². The minimum absolute atomic E-state index is 0.217. The lowest BCUT2D eigenvalue weighted by atomic mass is 10.1. The Morgan fingerprint density at radius 3 is 2.77 bits per heavy atom. The maximum absolute atomic E-state index is 9.96. The van der Waals surface area contributed by atoms with Crippen LogP contribution in [0.15, 0.2) is 52.7 Å². The van der Waals surface area contributed by atoms with E-state index < -0.39 is 0 Å². The van der Waals surface area contributed by atoms with E-state index in [-0.39, 0.29) is 5.75 Å². The van der Waals surface area contributed by atoms with E-state index in [2.05, 4.69) is 32.8 Å². The van der Waals surface area contributed by atoms with E-state index >= 15 is 0 Å². The zero-order valence-electron chi connectivity index (χ0n) is 12.0. The zero-order valence-corrected chi connectivity index (χ0v) is 15.0. The normalized spacial score (nSPS) is 12.0. The van der Waals surface area contributed by atoms with Crippen LogP contribution in [-0.2, 0) is 5.75 Å². The van der Waals surface area contributed by atoms with Crippen LogP contribution in [0, 0.1) is 10.5 Å². The molecule has 0 fully saturated rings. The summed E-state index contributed by atoms with van der Waals surface area (Å²) in [5.74, 6) is 0.967. The second-order valence-corrected chi connectivity index (χ2v) is 6.86. The molecule has 22 heavy (non-hydrogen) atoms. The first-order valence-electron chi connectivity index (χ1n) is 6.58. The molecule has 0 spiro atoms. The van der Waals surface area contributed by atoms with Crippen molar-refractivity contribution in [3.63, 3.8) is 0 Å². The maximum atomic E-state index is 9.96. The lowest BCUT2D eigenvalue weighted by Gasteiger charge is -2.03. The van der Waals surface area contributed by atoms with Crippen LogP contribution in [0.25, 0.3) is 0 Å². The molecule has 0 heterocycles. The number of aryl methyl sites for hydroxylation is 1. The van der Waals surface area contributed by atoms with Crippen LogP contribution in [0.5, 0.6) is 5.75 Å². The first-order chi connectivity index (χ1) is 10.6. The van der Waals surface area contributed by atoms with Gasteiger partial charge in [-0.1, -0.05) is 42.1 Å². The number of amidine groups is 1. The molecule has 2 aromatic carbocycles. The molecular weight excluding hydrogens is 409 g/mol. The molecule has 2 aromatic rings. The van der Waals surface area contributed by atoms with Crippen molar-refractivity contribution in [2.45, 2.75) is 12.7 Å². The molecule has 0 atom stereocenters. The van der Waals surface area contributed by atoms with Gasteiger partial charge in [-0.3, -0.25) is 0 Å². The summed E-state index contributed by atoms with van der Waals surface area (Å²) in [5.41, 5.74) is 8.44. The van der Waals surface area contributed by atoms with E-state index in [9.17, 15) is 5.11 Å². The van der Waals surface area contributed by atoms with Gasteiger partial charge in [-0.15, -0.1) is 5.10 Å². The van der Waals surface area contributed by atoms with Gasteiger partial charge < -0.3 is 10.8 Å². The highest BCUT2D eigenvalue weighted by Gasteiger charge is 2.03. The van der Waals surface area contributed by atoms with Gasteiger partial charge in [-0.05, 0) is 52.8 Å². The Morgan fingerprint density at radius 2 is 2.05 bits per heavy atom. The quantitative estimate of drug-likeness (QED) is 0.338. The van der Waals surface area contributed by atoms with Gasteiger partial charge in [0.25, 0.3) is 0 Å². The summed E-state index contributed by atoms with van der Waals surface area (Å²) in [5, 5.41) is 18.2. The monoisotopic (exact) mass is 425 g/mol. The average molecular weight is 425 g/mol. The van der Waals surface area contributed by atoms with Crippen molar-refractivity contribution in [2.24, 2.45) is 15.9 Å². The van der Waals surface area contributed by atoms with E-state index in [0.717, 1.165) is 14.9 Å². The number of thioether (sulfide) groups is 1. The molecule has 0 bridgehead atoms. The Hall–Kier alpha value is -1.54. The summed E-state index contributed by atoms with van der Waals surface area (Å²) in [6.45, 7) is 1.85. The molecule has 0 aliphatic carbocycles. The zero-order chi connectivity index (χ0) is 15.9. The largest absolute Gasteiger partial charge is 0.507 e. The first kappa shape index (κ1) is 16.8. The van der Waals surface area contributed by atoms with Crippen molar-refractivity contribution < 1.29 is 5.11 Å². The highest BCUT2D eigenvalue weighted by Crippen LogP contribution is 2.23. The number of phenols is 1. The molecule has 3 N–H and O–H groups in total. The molecular formula is C16H16IN3OS. The van der Waals surface area contributed by atoms with Gasteiger partial charge in [-0.2, -0.15) is 5.10 Å². The lowest BCUT2D eigenvalue weighted by molar-refractivity contribution is 0.470. The van der Waals surface area contributed by atoms with Crippen molar-refractivity contribution in [3.8, 4) is 5.75 Å². The van der Waals surface area contributed by atoms with Crippen molar-refractivity contribution in [1.82, 2.24) is 0 Å². The standard InChI is InChI=1S/C16H16IN3OS/c1-11-7-14(17)8-13(15(11)21)9-19-20-16(18)22-10-12-5-3-2-4-6-12/h2-9,21H,10H2,1H3,(H2,18,20). The van der Waals surface area contributed by atoms with E-state index in [1.807, 2.05) is 49.4 Å². The minimum Gasteiger partial charge on any atom is -0.507 e. The third-order valence-corrected chi connectivity index (χ3v) is 4.36. The third kappa shape index (κ3) is 5.03. The van der Waals surface area contributed by atoms with Crippen LogP contribution in [0.3, 0.4) is 0 Å². The fourth-order valence-corrected chi connectivity index (χ4v) is 3.18. The van der Waals surface area contributed by atoms with Gasteiger partial charge in [-0.25, -0.2) is 0 Å². The molecule has 114 valence electrons. The molecule has 2 rings (SSSR count). The minimum atomic E-state index is 0.217. The number of phenolic OH excluding ortho intramolecular Hbond substituents is 1. The van der Waals surface area contributed by atoms with E-state index in [4.69, 9.17) is 5.73 Å². The van der Waals surface area contributed by atoms with Crippen LogP contribution in [0.2, 0.25) is 0 Å². The van der Waals surface area contributed by atoms with Crippen LogP contribution >= 0.6 is 34.4 Å². The summed E-state index contributed by atoms with van der Waals surface area (Å²) in [6, 6.07) is 13.8. The Kier molecular flexibility index (Phi) is 6.26. The van der Waals surface area contributed by atoms with Gasteiger partial charge in [0.15, 0.2) is 5.17 Å². The van der Waals surface area contributed by atoms with E-state index in [0.29, 0.717) is 10.7 Å². The number of hydrogen-bond acceptors (Lipinski definition) is 4. The summed E-state index contributed by atoms with van der Waals surface area (Å²) in [4.78, 5) is 0. The predicted molar refractivity (Wildman–Crippen MR) is 103 cm³/mol. The van der Waals surface area contributed by atoms with Crippen LogP contribution < -0.4 is 5.73 Å². The molecule has 6 heteroatoms. The number of halogens is 1. The Morgan fingerprint density at radius 1 is 1.32 bits per heavy atom. The van der Waals surface area contributed by atoms with E-state index in [1.165, 1.54) is 23.5 Å². The molecule has 0 unspecified atom stereocenters. The summed E-state index contributed by atoms with van der Waals surface area (Å²) < 4.78 is 1.03. The molecule has 0 aromatic heterocycles. The predicted octanol–water partition coefficient (Wildman–Crippen LogP) is 3.89. The highest BCUT2D eigenvalue weighted by molar-refractivity contribution is 14.1. The van der Waals surface area contributed by atoms with E-state index in [1.54, 1.807) is 0 Å². The van der Waals surface area contributed by atoms with Crippen LogP contribution in [0.1, 0.15) is 16.7 Å². The molecule has 4 nitrogen and oxygen atoms in total. The van der Waals surface area contributed by atoms with Gasteiger partial charge in [0.05, 0.1) is 6.21 Å². The van der Waals surface area contributed by atoms with Crippen LogP contribution in [-0.4, -0.2) is 16.5 Å². The van der Waals surface area contributed by atoms with Crippen molar-refractivity contribution in [2.75, 3.05) is 0 Å². The average Bonchev–Trinajstić information content (AvgIpc) is 2.51. The fraction of sp³-hybridized carbons (Fsp3) is 0.125. The summed E-state index contributed by atoms with van der Waals surface area (Å²) in [6.07, 6.45) is 1.51. The second kappa shape index (κ2) is 8.19. The number of nitrogens with two attached hydrogens (primary N) is 1. The van der Waals surface area contributed by atoms with Gasteiger partial charge >= 0.3 is 0 Å². The Bertz CT molecular complexity index is 702. The Balaban J connectivity index is 1.98. The lowest BCUT2D eigenvalue weighted by Crippen LogP contribution is -2.06. The van der Waals surface area contributed by atoms with Crippen molar-refractivity contribution in [3.05, 3.63) is 62.7 Å². The molecule has 0 amide bonds. The molecule has 0 saturated heterocycles.